The number of hydrogen-bond acceptors (Lipinski definition) is 5. The van der Waals surface area contributed by atoms with Crippen molar-refractivity contribution in [1.82, 2.24) is 9.80 Å². The molecule has 6 nitrogen and oxygen atoms in total. The molecule has 0 unspecified atom stereocenters. The third-order valence-electron chi connectivity index (χ3n) is 5.28. The number of fused-ring (bicyclic) bond motifs is 1. The first kappa shape index (κ1) is 19.7. The Morgan fingerprint density at radius 3 is 2.48 bits per heavy atom. The van der Waals surface area contributed by atoms with Crippen LogP contribution in [0.15, 0.2) is 42.5 Å². The summed E-state index contributed by atoms with van der Waals surface area (Å²) in [6, 6.07) is 12.4. The molecule has 4 rings (SSSR count). The zero-order valence-electron chi connectivity index (χ0n) is 16.4. The van der Waals surface area contributed by atoms with E-state index < -0.39 is 5.82 Å². The summed E-state index contributed by atoms with van der Waals surface area (Å²) in [4.78, 5) is 16.8. The van der Waals surface area contributed by atoms with Crippen molar-refractivity contribution in [2.45, 2.75) is 13.0 Å². The number of hydrogen-bond donors (Lipinski definition) is 1. The van der Waals surface area contributed by atoms with Crippen LogP contribution in [-0.2, 0) is 11.3 Å². The molecule has 0 aliphatic carbocycles. The van der Waals surface area contributed by atoms with Crippen LogP contribution in [0.3, 0.4) is 0 Å². The maximum atomic E-state index is 13.6. The van der Waals surface area contributed by atoms with Gasteiger partial charge in [-0.05, 0) is 29.8 Å². The van der Waals surface area contributed by atoms with Gasteiger partial charge in [0.05, 0.1) is 5.69 Å². The Morgan fingerprint density at radius 2 is 1.69 bits per heavy atom. The number of nitrogens with one attached hydrogen (secondary N) is 1. The number of benzene rings is 2. The molecular weight excluding hydrogens is 373 g/mol. The fraction of sp³-hybridized carbons (Fsp3) is 0.409. The first-order chi connectivity index (χ1) is 14.2. The van der Waals surface area contributed by atoms with E-state index in [-0.39, 0.29) is 11.6 Å². The van der Waals surface area contributed by atoms with Gasteiger partial charge in [0.2, 0.25) is 5.91 Å². The molecule has 2 aromatic carbocycles. The first-order valence-electron chi connectivity index (χ1n) is 10.0. The van der Waals surface area contributed by atoms with Gasteiger partial charge in [-0.15, -0.1) is 0 Å². The number of rotatable bonds is 6. The lowest BCUT2D eigenvalue weighted by atomic mass is 10.1. The Kier molecular flexibility index (Phi) is 6.27. The molecule has 1 N–H and O–H groups in total. The van der Waals surface area contributed by atoms with E-state index in [1.54, 1.807) is 18.2 Å². The Labute approximate surface area is 170 Å². The molecule has 1 saturated heterocycles. The van der Waals surface area contributed by atoms with Gasteiger partial charge >= 0.3 is 0 Å². The third kappa shape index (κ3) is 5.25. The Bertz CT molecular complexity index is 853. The standard InChI is InChI=1S/C22H26FN3O3/c23-18-3-1-2-4-19(18)24-22(27)7-8-25-9-11-26(12-10-25)16-17-5-6-20-21(15-17)29-14-13-28-20/h1-6,15H,7-14,16H2,(H,24,27). The van der Waals surface area contributed by atoms with Crippen molar-refractivity contribution in [3.63, 3.8) is 0 Å². The molecule has 154 valence electrons. The molecule has 2 aromatic rings. The second-order valence-electron chi connectivity index (χ2n) is 7.37. The number of para-hydroxylation sites is 1. The number of piperazine rings is 1. The van der Waals surface area contributed by atoms with Crippen LogP contribution in [0.2, 0.25) is 0 Å². The lowest BCUT2D eigenvalue weighted by Crippen LogP contribution is -2.46. The molecule has 2 heterocycles. The molecule has 29 heavy (non-hydrogen) atoms. The number of carbonyl (C=O) groups excluding carboxylic acids is 1. The molecule has 0 saturated carbocycles. The lowest BCUT2D eigenvalue weighted by molar-refractivity contribution is -0.116. The monoisotopic (exact) mass is 399 g/mol. The third-order valence-corrected chi connectivity index (χ3v) is 5.28. The summed E-state index contributed by atoms with van der Waals surface area (Å²) in [5, 5.41) is 2.64. The van der Waals surface area contributed by atoms with E-state index in [9.17, 15) is 9.18 Å². The van der Waals surface area contributed by atoms with Gasteiger partial charge in [-0.1, -0.05) is 18.2 Å². The topological polar surface area (TPSA) is 54.0 Å². The average Bonchev–Trinajstić information content (AvgIpc) is 2.75. The molecular formula is C22H26FN3O3. The SMILES string of the molecule is O=C(CCN1CCN(Cc2ccc3c(c2)OCCO3)CC1)Nc1ccccc1F. The zero-order chi connectivity index (χ0) is 20.1. The van der Waals surface area contributed by atoms with Crippen molar-refractivity contribution in [1.29, 1.82) is 0 Å². The fourth-order valence-corrected chi connectivity index (χ4v) is 3.65. The van der Waals surface area contributed by atoms with Crippen LogP contribution >= 0.6 is 0 Å². The van der Waals surface area contributed by atoms with Gasteiger partial charge in [-0.3, -0.25) is 9.69 Å². The van der Waals surface area contributed by atoms with E-state index in [1.807, 2.05) is 6.07 Å². The first-order valence-corrected chi connectivity index (χ1v) is 10.0. The van der Waals surface area contributed by atoms with Crippen LogP contribution in [-0.4, -0.2) is 61.6 Å². The van der Waals surface area contributed by atoms with Crippen LogP contribution in [0.4, 0.5) is 10.1 Å². The predicted octanol–water partition coefficient (Wildman–Crippen LogP) is 2.74. The normalized spacial score (nSPS) is 17.1. The highest BCUT2D eigenvalue weighted by Crippen LogP contribution is 2.31. The number of carbonyl (C=O) groups is 1. The number of amides is 1. The maximum Gasteiger partial charge on any atom is 0.225 e. The van der Waals surface area contributed by atoms with Crippen molar-refractivity contribution in [2.75, 3.05) is 51.3 Å². The van der Waals surface area contributed by atoms with Crippen molar-refractivity contribution in [3.8, 4) is 11.5 Å². The van der Waals surface area contributed by atoms with E-state index in [0.717, 1.165) is 44.2 Å². The van der Waals surface area contributed by atoms with Gasteiger partial charge in [0.1, 0.15) is 19.0 Å². The number of ether oxygens (including phenoxy) is 2. The van der Waals surface area contributed by atoms with Gasteiger partial charge in [0.15, 0.2) is 11.5 Å². The molecule has 0 radical (unpaired) electrons. The maximum absolute atomic E-state index is 13.6. The molecule has 7 heteroatoms. The quantitative estimate of drug-likeness (QED) is 0.810. The number of anilines is 1. The molecule has 0 spiro atoms. The summed E-state index contributed by atoms with van der Waals surface area (Å²) in [7, 11) is 0. The van der Waals surface area contributed by atoms with E-state index in [0.29, 0.717) is 26.2 Å². The van der Waals surface area contributed by atoms with Gasteiger partial charge in [-0.2, -0.15) is 0 Å². The summed E-state index contributed by atoms with van der Waals surface area (Å²) in [6.07, 6.45) is 0.358. The summed E-state index contributed by atoms with van der Waals surface area (Å²) in [6.45, 7) is 6.48. The molecule has 2 aliphatic rings. The van der Waals surface area contributed by atoms with E-state index in [1.165, 1.54) is 11.6 Å². The van der Waals surface area contributed by atoms with Crippen molar-refractivity contribution < 1.29 is 18.7 Å². The highest BCUT2D eigenvalue weighted by atomic mass is 19.1. The minimum atomic E-state index is -0.409. The molecule has 1 amide bonds. The van der Waals surface area contributed by atoms with Crippen LogP contribution in [0, 0.1) is 5.82 Å². The van der Waals surface area contributed by atoms with Crippen LogP contribution in [0.5, 0.6) is 11.5 Å². The van der Waals surface area contributed by atoms with Crippen LogP contribution in [0.1, 0.15) is 12.0 Å². The van der Waals surface area contributed by atoms with Crippen LogP contribution in [0.25, 0.3) is 0 Å². The predicted molar refractivity (Wildman–Crippen MR) is 109 cm³/mol. The Morgan fingerprint density at radius 1 is 0.966 bits per heavy atom. The minimum absolute atomic E-state index is 0.159. The van der Waals surface area contributed by atoms with Crippen molar-refractivity contribution >= 4 is 11.6 Å². The molecule has 0 bridgehead atoms. The zero-order valence-corrected chi connectivity index (χ0v) is 16.4. The van der Waals surface area contributed by atoms with Crippen molar-refractivity contribution in [3.05, 3.63) is 53.8 Å². The Balaban J connectivity index is 1.20. The fourth-order valence-electron chi connectivity index (χ4n) is 3.65. The van der Waals surface area contributed by atoms with Crippen molar-refractivity contribution in [2.24, 2.45) is 0 Å². The second kappa shape index (κ2) is 9.24. The number of halogens is 1. The van der Waals surface area contributed by atoms with E-state index >= 15 is 0 Å². The molecule has 2 aliphatic heterocycles. The highest BCUT2D eigenvalue weighted by molar-refractivity contribution is 5.90. The van der Waals surface area contributed by atoms with Gasteiger partial charge in [0, 0.05) is 45.7 Å². The van der Waals surface area contributed by atoms with E-state index in [4.69, 9.17) is 9.47 Å². The van der Waals surface area contributed by atoms with E-state index in [2.05, 4.69) is 27.2 Å². The average molecular weight is 399 g/mol. The van der Waals surface area contributed by atoms with Gasteiger partial charge in [-0.25, -0.2) is 4.39 Å². The smallest absolute Gasteiger partial charge is 0.225 e. The Hall–Kier alpha value is -2.64. The summed E-state index contributed by atoms with van der Waals surface area (Å²) < 4.78 is 24.9. The summed E-state index contributed by atoms with van der Waals surface area (Å²) in [5.74, 6) is 1.08. The van der Waals surface area contributed by atoms with Gasteiger partial charge < -0.3 is 19.7 Å². The summed E-state index contributed by atoms with van der Waals surface area (Å²) >= 11 is 0. The van der Waals surface area contributed by atoms with Crippen LogP contribution < -0.4 is 14.8 Å². The molecule has 0 aromatic heterocycles. The second-order valence-corrected chi connectivity index (χ2v) is 7.37. The molecule has 0 atom stereocenters. The summed E-state index contributed by atoms with van der Waals surface area (Å²) in [5.41, 5.74) is 1.45. The molecule has 1 fully saturated rings. The largest absolute Gasteiger partial charge is 0.486 e. The lowest BCUT2D eigenvalue weighted by Gasteiger charge is -2.34. The minimum Gasteiger partial charge on any atom is -0.486 e. The van der Waals surface area contributed by atoms with Gasteiger partial charge in [0.25, 0.3) is 0 Å². The number of nitrogens with zero attached hydrogens (tertiary/aromatic N) is 2. The highest BCUT2D eigenvalue weighted by Gasteiger charge is 2.19.